The van der Waals surface area contributed by atoms with Crippen LogP contribution in [0.1, 0.15) is 24.1 Å². The Balaban J connectivity index is 1.63. The minimum absolute atomic E-state index is 0.0717. The predicted octanol–water partition coefficient (Wildman–Crippen LogP) is 2.09. The molecule has 0 bridgehead atoms. The molecule has 1 aliphatic heterocycles. The molecule has 0 radical (unpaired) electrons. The molecule has 3 atom stereocenters. The Morgan fingerprint density at radius 2 is 2.44 bits per heavy atom. The van der Waals surface area contributed by atoms with Crippen LogP contribution in [-0.2, 0) is 11.3 Å². The number of hydrogen-bond acceptors (Lipinski definition) is 3. The minimum Gasteiger partial charge on any atom is -0.339 e. The lowest BCUT2D eigenvalue weighted by Crippen LogP contribution is -2.44. The Morgan fingerprint density at radius 3 is 3.22 bits per heavy atom. The third-order valence-corrected chi connectivity index (χ3v) is 5.22. The molecule has 4 heteroatoms. The van der Waals surface area contributed by atoms with Crippen LogP contribution >= 0.6 is 11.3 Å². The molecular weight excluding hydrogens is 244 g/mol. The van der Waals surface area contributed by atoms with E-state index in [1.54, 1.807) is 11.3 Å². The number of amides is 1. The Kier molecular flexibility index (Phi) is 3.39. The van der Waals surface area contributed by atoms with Crippen molar-refractivity contribution in [3.8, 4) is 0 Å². The van der Waals surface area contributed by atoms with Gasteiger partial charge >= 0.3 is 0 Å². The average molecular weight is 264 g/mol. The zero-order valence-corrected chi connectivity index (χ0v) is 11.6. The van der Waals surface area contributed by atoms with E-state index in [-0.39, 0.29) is 11.9 Å². The lowest BCUT2D eigenvalue weighted by atomic mass is 9.93. The number of thiophene rings is 1. The Morgan fingerprint density at radius 1 is 1.56 bits per heavy atom. The summed E-state index contributed by atoms with van der Waals surface area (Å²) in [5.74, 6) is 1.61. The molecule has 1 aromatic rings. The fourth-order valence-electron chi connectivity index (χ4n) is 3.41. The van der Waals surface area contributed by atoms with Crippen molar-refractivity contribution in [2.24, 2.45) is 11.8 Å². The van der Waals surface area contributed by atoms with E-state index in [2.05, 4.69) is 16.8 Å². The predicted molar refractivity (Wildman–Crippen MR) is 73.4 cm³/mol. The zero-order chi connectivity index (χ0) is 12.5. The van der Waals surface area contributed by atoms with Crippen molar-refractivity contribution in [2.75, 3.05) is 13.6 Å². The fourth-order valence-corrected chi connectivity index (χ4v) is 4.17. The van der Waals surface area contributed by atoms with E-state index in [1.807, 2.05) is 18.0 Å². The molecule has 1 aromatic heterocycles. The van der Waals surface area contributed by atoms with Crippen LogP contribution in [0.2, 0.25) is 0 Å². The number of carbonyl (C=O) groups is 1. The van der Waals surface area contributed by atoms with E-state index < -0.39 is 0 Å². The van der Waals surface area contributed by atoms with Gasteiger partial charge in [-0.3, -0.25) is 4.79 Å². The quantitative estimate of drug-likeness (QED) is 0.906. The largest absolute Gasteiger partial charge is 0.339 e. The van der Waals surface area contributed by atoms with Gasteiger partial charge in [-0.1, -0.05) is 12.5 Å². The van der Waals surface area contributed by atoms with Crippen molar-refractivity contribution >= 4 is 17.2 Å². The van der Waals surface area contributed by atoms with Crippen molar-refractivity contribution in [2.45, 2.75) is 31.8 Å². The molecule has 3 unspecified atom stereocenters. The van der Waals surface area contributed by atoms with Crippen LogP contribution < -0.4 is 5.32 Å². The summed E-state index contributed by atoms with van der Waals surface area (Å²) in [7, 11) is 1.92. The van der Waals surface area contributed by atoms with Crippen LogP contribution in [0.5, 0.6) is 0 Å². The molecule has 3 rings (SSSR count). The summed E-state index contributed by atoms with van der Waals surface area (Å²) in [6.07, 6.45) is 3.83. The summed E-state index contributed by atoms with van der Waals surface area (Å²) in [5, 5.41) is 5.50. The molecule has 2 heterocycles. The van der Waals surface area contributed by atoms with Gasteiger partial charge in [-0.15, -0.1) is 11.3 Å². The van der Waals surface area contributed by atoms with Gasteiger partial charge in [0.25, 0.3) is 0 Å². The molecule has 2 fully saturated rings. The normalized spacial score (nSPS) is 30.4. The van der Waals surface area contributed by atoms with Gasteiger partial charge in [-0.05, 0) is 42.7 Å². The van der Waals surface area contributed by atoms with E-state index >= 15 is 0 Å². The van der Waals surface area contributed by atoms with Crippen molar-refractivity contribution < 1.29 is 4.79 Å². The first-order chi connectivity index (χ1) is 8.75. The first-order valence-electron chi connectivity index (χ1n) is 6.76. The van der Waals surface area contributed by atoms with Gasteiger partial charge in [0.2, 0.25) is 5.91 Å². The molecule has 1 saturated carbocycles. The summed E-state index contributed by atoms with van der Waals surface area (Å²) in [6, 6.07) is 4.20. The standard InChI is InChI=1S/C14H20N2OS/c1-16(9-11-5-3-7-18-11)14(17)13-12-6-2-4-10(12)8-15-13/h3,5,7,10,12-13,15H,2,4,6,8-9H2,1H3. The summed E-state index contributed by atoms with van der Waals surface area (Å²) in [6.45, 7) is 1.78. The second-order valence-corrected chi connectivity index (χ2v) is 6.55. The number of carbonyl (C=O) groups excluding carboxylic acids is 1. The number of likely N-dealkylation sites (N-methyl/N-ethyl adjacent to an activating group) is 1. The highest BCUT2D eigenvalue weighted by Gasteiger charge is 2.43. The monoisotopic (exact) mass is 264 g/mol. The number of nitrogens with zero attached hydrogens (tertiary/aromatic N) is 1. The van der Waals surface area contributed by atoms with Crippen LogP contribution in [0, 0.1) is 11.8 Å². The fraction of sp³-hybridized carbons (Fsp3) is 0.643. The maximum atomic E-state index is 12.5. The van der Waals surface area contributed by atoms with E-state index in [0.29, 0.717) is 5.92 Å². The summed E-state index contributed by atoms with van der Waals surface area (Å²) in [5.41, 5.74) is 0. The van der Waals surface area contributed by atoms with Gasteiger partial charge in [0.05, 0.1) is 12.6 Å². The maximum absolute atomic E-state index is 12.5. The third kappa shape index (κ3) is 2.19. The molecule has 18 heavy (non-hydrogen) atoms. The molecule has 1 N–H and O–H groups in total. The summed E-state index contributed by atoms with van der Waals surface area (Å²) >= 11 is 1.72. The van der Waals surface area contributed by atoms with Crippen molar-refractivity contribution in [3.05, 3.63) is 22.4 Å². The van der Waals surface area contributed by atoms with Crippen molar-refractivity contribution in [3.63, 3.8) is 0 Å². The summed E-state index contributed by atoms with van der Waals surface area (Å²) < 4.78 is 0. The van der Waals surface area contributed by atoms with E-state index in [4.69, 9.17) is 0 Å². The molecular formula is C14H20N2OS. The van der Waals surface area contributed by atoms with Crippen LogP contribution in [0.4, 0.5) is 0 Å². The van der Waals surface area contributed by atoms with Crippen LogP contribution in [0.25, 0.3) is 0 Å². The van der Waals surface area contributed by atoms with Crippen LogP contribution in [0.3, 0.4) is 0 Å². The minimum atomic E-state index is 0.0717. The van der Waals surface area contributed by atoms with Gasteiger partial charge in [0, 0.05) is 11.9 Å². The number of hydrogen-bond donors (Lipinski definition) is 1. The molecule has 1 amide bonds. The molecule has 0 aromatic carbocycles. The lowest BCUT2D eigenvalue weighted by molar-refractivity contribution is -0.133. The van der Waals surface area contributed by atoms with Gasteiger partial charge in [0.1, 0.15) is 0 Å². The zero-order valence-electron chi connectivity index (χ0n) is 10.8. The van der Waals surface area contributed by atoms with E-state index in [1.165, 1.54) is 24.1 Å². The van der Waals surface area contributed by atoms with Crippen molar-refractivity contribution in [1.82, 2.24) is 10.2 Å². The Bertz CT molecular complexity index is 417. The highest BCUT2D eigenvalue weighted by Crippen LogP contribution is 2.38. The summed E-state index contributed by atoms with van der Waals surface area (Å²) in [4.78, 5) is 15.6. The van der Waals surface area contributed by atoms with Crippen LogP contribution in [-0.4, -0.2) is 30.4 Å². The Hall–Kier alpha value is -0.870. The SMILES string of the molecule is CN(Cc1cccs1)C(=O)C1NCC2CCCC21. The molecule has 2 aliphatic rings. The molecule has 1 aliphatic carbocycles. The molecule has 98 valence electrons. The second-order valence-electron chi connectivity index (χ2n) is 5.51. The highest BCUT2D eigenvalue weighted by molar-refractivity contribution is 7.09. The second kappa shape index (κ2) is 5.02. The van der Waals surface area contributed by atoms with Gasteiger partial charge < -0.3 is 10.2 Å². The lowest BCUT2D eigenvalue weighted by Gasteiger charge is -2.24. The first kappa shape index (κ1) is 12.2. The van der Waals surface area contributed by atoms with Gasteiger partial charge in [-0.25, -0.2) is 0 Å². The molecule has 3 nitrogen and oxygen atoms in total. The highest BCUT2D eigenvalue weighted by atomic mass is 32.1. The molecule has 0 spiro atoms. The van der Waals surface area contributed by atoms with E-state index in [0.717, 1.165) is 19.0 Å². The van der Waals surface area contributed by atoms with E-state index in [9.17, 15) is 4.79 Å². The maximum Gasteiger partial charge on any atom is 0.240 e. The molecule has 1 saturated heterocycles. The van der Waals surface area contributed by atoms with Crippen LogP contribution in [0.15, 0.2) is 17.5 Å². The number of nitrogens with one attached hydrogen (secondary N) is 1. The Labute approximate surface area is 112 Å². The topological polar surface area (TPSA) is 32.3 Å². The number of fused-ring (bicyclic) bond motifs is 1. The third-order valence-electron chi connectivity index (χ3n) is 4.36. The number of rotatable bonds is 3. The van der Waals surface area contributed by atoms with Gasteiger partial charge in [-0.2, -0.15) is 0 Å². The van der Waals surface area contributed by atoms with Gasteiger partial charge in [0.15, 0.2) is 0 Å². The van der Waals surface area contributed by atoms with Crippen molar-refractivity contribution in [1.29, 1.82) is 0 Å². The average Bonchev–Trinajstić information content (AvgIpc) is 3.04. The first-order valence-corrected chi connectivity index (χ1v) is 7.64. The smallest absolute Gasteiger partial charge is 0.240 e.